The summed E-state index contributed by atoms with van der Waals surface area (Å²) in [6, 6.07) is 2.12. The molecule has 20 heavy (non-hydrogen) atoms. The summed E-state index contributed by atoms with van der Waals surface area (Å²) in [5, 5.41) is 8.12. The summed E-state index contributed by atoms with van der Waals surface area (Å²) in [5.41, 5.74) is 0. The Bertz CT molecular complexity index is 587. The number of hydrogen-bond acceptors (Lipinski definition) is 6. The minimum Gasteiger partial charge on any atom is -0.377 e. The summed E-state index contributed by atoms with van der Waals surface area (Å²) in [6.07, 6.45) is 2.47. The minimum atomic E-state index is 0.302. The smallest absolute Gasteiger partial charge is 0.225 e. The van der Waals surface area contributed by atoms with Gasteiger partial charge in [-0.15, -0.1) is 11.3 Å². The van der Waals surface area contributed by atoms with Gasteiger partial charge in [-0.05, 0) is 31.2 Å². The Morgan fingerprint density at radius 3 is 3.15 bits per heavy atom. The van der Waals surface area contributed by atoms with Crippen LogP contribution in [0.1, 0.15) is 26.7 Å². The van der Waals surface area contributed by atoms with Crippen LogP contribution in [-0.4, -0.2) is 34.5 Å². The zero-order valence-corrected chi connectivity index (χ0v) is 13.4. The number of thiophene rings is 1. The van der Waals surface area contributed by atoms with E-state index < -0.39 is 0 Å². The quantitative estimate of drug-likeness (QED) is 0.852. The van der Waals surface area contributed by atoms with Crippen molar-refractivity contribution in [3.8, 4) is 0 Å². The standard InChI is InChI=1S/C14H19N3OS2/c1-3-6-15-14-16-12-10(5-8-19-12)13(17-14)20-11-4-7-18-9(11)2/h5,8-9,11H,3-4,6-7H2,1-2H3,(H,15,16,17). The second-order valence-corrected chi connectivity index (χ2v) is 7.06. The molecule has 3 heterocycles. The molecule has 1 aliphatic rings. The normalized spacial score (nSPS) is 22.5. The average molecular weight is 309 g/mol. The van der Waals surface area contributed by atoms with Gasteiger partial charge < -0.3 is 10.1 Å². The monoisotopic (exact) mass is 309 g/mol. The van der Waals surface area contributed by atoms with Crippen molar-refractivity contribution in [1.29, 1.82) is 0 Å². The van der Waals surface area contributed by atoms with Gasteiger partial charge in [0, 0.05) is 23.8 Å². The van der Waals surface area contributed by atoms with Gasteiger partial charge in [0.1, 0.15) is 9.86 Å². The molecule has 0 aliphatic carbocycles. The van der Waals surface area contributed by atoms with Gasteiger partial charge in [0.05, 0.1) is 6.10 Å². The lowest BCUT2D eigenvalue weighted by molar-refractivity contribution is 0.127. The van der Waals surface area contributed by atoms with Gasteiger partial charge in [0.2, 0.25) is 5.95 Å². The second-order valence-electron chi connectivity index (χ2n) is 4.94. The fourth-order valence-electron chi connectivity index (χ4n) is 2.24. The zero-order valence-electron chi connectivity index (χ0n) is 11.8. The number of fused-ring (bicyclic) bond motifs is 1. The summed E-state index contributed by atoms with van der Waals surface area (Å²) in [4.78, 5) is 10.3. The first-order chi connectivity index (χ1) is 9.78. The van der Waals surface area contributed by atoms with Crippen LogP contribution in [0.2, 0.25) is 0 Å². The highest BCUT2D eigenvalue weighted by molar-refractivity contribution is 8.00. The van der Waals surface area contributed by atoms with Gasteiger partial charge in [-0.25, -0.2) is 9.97 Å². The highest BCUT2D eigenvalue weighted by Crippen LogP contribution is 2.36. The first-order valence-corrected chi connectivity index (χ1v) is 8.81. The molecular formula is C14H19N3OS2. The third kappa shape index (κ3) is 2.92. The van der Waals surface area contributed by atoms with E-state index in [0.717, 1.165) is 41.8 Å². The highest BCUT2D eigenvalue weighted by atomic mass is 32.2. The first kappa shape index (κ1) is 14.1. The largest absolute Gasteiger partial charge is 0.377 e. The number of aromatic nitrogens is 2. The van der Waals surface area contributed by atoms with Crippen LogP contribution in [0.5, 0.6) is 0 Å². The van der Waals surface area contributed by atoms with E-state index >= 15 is 0 Å². The highest BCUT2D eigenvalue weighted by Gasteiger charge is 2.26. The van der Waals surface area contributed by atoms with E-state index in [9.17, 15) is 0 Å². The number of rotatable bonds is 5. The van der Waals surface area contributed by atoms with Crippen LogP contribution in [0.15, 0.2) is 16.5 Å². The van der Waals surface area contributed by atoms with Gasteiger partial charge in [-0.3, -0.25) is 0 Å². The van der Waals surface area contributed by atoms with E-state index in [1.807, 2.05) is 11.8 Å². The van der Waals surface area contributed by atoms with Crippen molar-refractivity contribution in [2.45, 2.75) is 43.1 Å². The summed E-state index contributed by atoms with van der Waals surface area (Å²) in [7, 11) is 0. The molecule has 0 spiro atoms. The number of hydrogen-bond donors (Lipinski definition) is 1. The van der Waals surface area contributed by atoms with Crippen LogP contribution >= 0.6 is 23.1 Å². The number of nitrogens with zero attached hydrogens (tertiary/aromatic N) is 2. The van der Waals surface area contributed by atoms with Crippen molar-refractivity contribution in [3.63, 3.8) is 0 Å². The Labute approximate surface area is 127 Å². The van der Waals surface area contributed by atoms with Crippen LogP contribution in [0.4, 0.5) is 5.95 Å². The van der Waals surface area contributed by atoms with Crippen LogP contribution in [0.3, 0.4) is 0 Å². The molecule has 1 saturated heterocycles. The molecule has 1 N–H and O–H groups in total. The third-order valence-electron chi connectivity index (χ3n) is 3.39. The number of thioether (sulfide) groups is 1. The molecule has 1 fully saturated rings. The fourth-order valence-corrected chi connectivity index (χ4v) is 4.27. The molecule has 2 aromatic heterocycles. The van der Waals surface area contributed by atoms with Crippen molar-refractivity contribution in [3.05, 3.63) is 11.4 Å². The zero-order chi connectivity index (χ0) is 13.9. The van der Waals surface area contributed by atoms with Crippen molar-refractivity contribution >= 4 is 39.3 Å². The van der Waals surface area contributed by atoms with Crippen molar-refractivity contribution in [2.24, 2.45) is 0 Å². The number of anilines is 1. The average Bonchev–Trinajstić information content (AvgIpc) is 3.06. The molecule has 0 aromatic carbocycles. The lowest BCUT2D eigenvalue weighted by Crippen LogP contribution is -2.14. The van der Waals surface area contributed by atoms with E-state index in [-0.39, 0.29) is 0 Å². The molecule has 0 bridgehead atoms. The molecule has 2 unspecified atom stereocenters. The summed E-state index contributed by atoms with van der Waals surface area (Å²) in [5.74, 6) is 0.746. The summed E-state index contributed by atoms with van der Waals surface area (Å²) < 4.78 is 5.65. The number of nitrogens with one attached hydrogen (secondary N) is 1. The summed E-state index contributed by atoms with van der Waals surface area (Å²) >= 11 is 3.50. The molecule has 2 atom stereocenters. The SMILES string of the molecule is CCCNc1nc(SC2CCOC2C)c2ccsc2n1. The molecule has 0 amide bonds. The Morgan fingerprint density at radius 1 is 1.50 bits per heavy atom. The van der Waals surface area contributed by atoms with Gasteiger partial charge in [0.15, 0.2) is 0 Å². The van der Waals surface area contributed by atoms with Gasteiger partial charge >= 0.3 is 0 Å². The Kier molecular flexibility index (Phi) is 4.43. The van der Waals surface area contributed by atoms with E-state index in [0.29, 0.717) is 11.4 Å². The van der Waals surface area contributed by atoms with Crippen LogP contribution < -0.4 is 5.32 Å². The van der Waals surface area contributed by atoms with Crippen molar-refractivity contribution in [2.75, 3.05) is 18.5 Å². The Balaban J connectivity index is 1.88. The maximum absolute atomic E-state index is 5.65. The molecule has 1 aliphatic heterocycles. The van der Waals surface area contributed by atoms with Gasteiger partial charge in [-0.1, -0.05) is 18.7 Å². The molecule has 2 aromatic rings. The molecule has 6 heteroatoms. The summed E-state index contributed by atoms with van der Waals surface area (Å²) in [6.45, 7) is 6.05. The maximum atomic E-state index is 5.65. The lowest BCUT2D eigenvalue weighted by Gasteiger charge is -2.14. The van der Waals surface area contributed by atoms with E-state index in [4.69, 9.17) is 9.72 Å². The first-order valence-electron chi connectivity index (χ1n) is 7.05. The molecular weight excluding hydrogens is 290 g/mol. The number of ether oxygens (including phenoxy) is 1. The minimum absolute atomic E-state index is 0.302. The second kappa shape index (κ2) is 6.28. The van der Waals surface area contributed by atoms with Crippen LogP contribution in [0.25, 0.3) is 10.2 Å². The van der Waals surface area contributed by atoms with E-state index in [2.05, 4.69) is 35.6 Å². The van der Waals surface area contributed by atoms with Crippen molar-refractivity contribution in [1.82, 2.24) is 9.97 Å². The molecule has 108 valence electrons. The van der Waals surface area contributed by atoms with E-state index in [1.165, 1.54) is 5.39 Å². The maximum Gasteiger partial charge on any atom is 0.225 e. The molecule has 4 nitrogen and oxygen atoms in total. The van der Waals surface area contributed by atoms with Gasteiger partial charge in [-0.2, -0.15) is 0 Å². The Hall–Kier alpha value is -0.850. The topological polar surface area (TPSA) is 47.0 Å². The fraction of sp³-hybridized carbons (Fsp3) is 0.571. The lowest BCUT2D eigenvalue weighted by atomic mass is 10.3. The predicted molar refractivity (Wildman–Crippen MR) is 85.9 cm³/mol. The van der Waals surface area contributed by atoms with Crippen LogP contribution in [0, 0.1) is 0 Å². The molecule has 0 saturated carbocycles. The van der Waals surface area contributed by atoms with E-state index in [1.54, 1.807) is 11.3 Å². The van der Waals surface area contributed by atoms with Crippen LogP contribution in [-0.2, 0) is 4.74 Å². The molecule has 3 rings (SSSR count). The van der Waals surface area contributed by atoms with Crippen molar-refractivity contribution < 1.29 is 4.74 Å². The Morgan fingerprint density at radius 2 is 2.40 bits per heavy atom. The molecule has 0 radical (unpaired) electrons. The predicted octanol–water partition coefficient (Wildman–Crippen LogP) is 3.78. The third-order valence-corrected chi connectivity index (χ3v) is 5.66. The van der Waals surface area contributed by atoms with Gasteiger partial charge in [0.25, 0.3) is 0 Å².